The molecule has 0 saturated heterocycles. The quantitative estimate of drug-likeness (QED) is 0.380. The van der Waals surface area contributed by atoms with Gasteiger partial charge in [-0.15, -0.1) is 0 Å². The summed E-state index contributed by atoms with van der Waals surface area (Å²) in [5.41, 5.74) is 0.546. The molecule has 1 fully saturated rings. The van der Waals surface area contributed by atoms with Crippen molar-refractivity contribution >= 4 is 23.2 Å². The first kappa shape index (κ1) is 17.7. The third kappa shape index (κ3) is 4.94. The van der Waals surface area contributed by atoms with Gasteiger partial charge in [-0.25, -0.2) is 0 Å². The zero-order valence-corrected chi connectivity index (χ0v) is 13.8. The average molecular weight is 334 g/mol. The monoisotopic (exact) mass is 334 g/mol. The highest BCUT2D eigenvalue weighted by Gasteiger charge is 2.25. The summed E-state index contributed by atoms with van der Waals surface area (Å²) < 4.78 is 0. The van der Waals surface area contributed by atoms with E-state index in [1.807, 2.05) is 0 Å². The van der Waals surface area contributed by atoms with Gasteiger partial charge in [-0.05, 0) is 25.0 Å². The van der Waals surface area contributed by atoms with E-state index in [0.29, 0.717) is 12.2 Å². The van der Waals surface area contributed by atoms with Crippen LogP contribution in [-0.2, 0) is 4.79 Å². The average Bonchev–Trinajstić information content (AvgIpc) is 3.35. The maximum atomic E-state index is 12.1. The zero-order chi connectivity index (χ0) is 17.7. The fraction of sp³-hybridized carbons (Fsp3) is 0.500. The first-order valence-corrected chi connectivity index (χ1v) is 7.99. The van der Waals surface area contributed by atoms with Gasteiger partial charge < -0.3 is 16.0 Å². The summed E-state index contributed by atoms with van der Waals surface area (Å²) in [5, 5.41) is 19.6. The van der Waals surface area contributed by atoms with Gasteiger partial charge in [0.1, 0.15) is 5.69 Å². The highest BCUT2D eigenvalue weighted by atomic mass is 16.6. The van der Waals surface area contributed by atoms with Crippen LogP contribution in [0.3, 0.4) is 0 Å². The SMILES string of the molecule is CC(C)C(=O)NCCNC(=O)c1ccc(NC2CC2)c([N+](=O)[O-])c1. The third-order valence-electron chi connectivity index (χ3n) is 3.63. The van der Waals surface area contributed by atoms with Crippen LogP contribution in [0.2, 0.25) is 0 Å². The van der Waals surface area contributed by atoms with E-state index in [-0.39, 0.29) is 35.7 Å². The molecule has 0 radical (unpaired) electrons. The minimum absolute atomic E-state index is 0.0876. The van der Waals surface area contributed by atoms with Gasteiger partial charge in [-0.3, -0.25) is 19.7 Å². The Morgan fingerprint density at radius 3 is 2.50 bits per heavy atom. The molecule has 2 amide bonds. The second-order valence-corrected chi connectivity index (χ2v) is 6.11. The van der Waals surface area contributed by atoms with E-state index in [2.05, 4.69) is 16.0 Å². The topological polar surface area (TPSA) is 113 Å². The van der Waals surface area contributed by atoms with Crippen molar-refractivity contribution in [3.05, 3.63) is 33.9 Å². The molecular formula is C16H22N4O4. The van der Waals surface area contributed by atoms with Crippen LogP contribution in [0.1, 0.15) is 37.0 Å². The number of nitrogens with one attached hydrogen (secondary N) is 3. The largest absolute Gasteiger partial charge is 0.377 e. The van der Waals surface area contributed by atoms with Gasteiger partial charge in [-0.2, -0.15) is 0 Å². The summed E-state index contributed by atoms with van der Waals surface area (Å²) in [4.78, 5) is 34.2. The lowest BCUT2D eigenvalue weighted by atomic mass is 10.1. The van der Waals surface area contributed by atoms with Crippen molar-refractivity contribution in [2.45, 2.75) is 32.7 Å². The van der Waals surface area contributed by atoms with Crippen molar-refractivity contribution < 1.29 is 14.5 Å². The molecule has 0 aliphatic heterocycles. The summed E-state index contributed by atoms with van der Waals surface area (Å²) in [6.45, 7) is 4.13. The Labute approximate surface area is 140 Å². The van der Waals surface area contributed by atoms with Crippen LogP contribution in [0, 0.1) is 16.0 Å². The molecule has 0 spiro atoms. The number of carbonyl (C=O) groups is 2. The van der Waals surface area contributed by atoms with Crippen LogP contribution >= 0.6 is 0 Å². The molecule has 2 rings (SSSR count). The number of hydrogen-bond donors (Lipinski definition) is 3. The molecule has 1 aromatic carbocycles. The minimum Gasteiger partial charge on any atom is -0.377 e. The number of carbonyl (C=O) groups excluding carboxylic acids is 2. The highest BCUT2D eigenvalue weighted by molar-refractivity contribution is 5.95. The van der Waals surface area contributed by atoms with Crippen molar-refractivity contribution in [3.8, 4) is 0 Å². The Morgan fingerprint density at radius 2 is 1.92 bits per heavy atom. The van der Waals surface area contributed by atoms with Gasteiger partial charge in [0.2, 0.25) is 5.91 Å². The molecule has 130 valence electrons. The van der Waals surface area contributed by atoms with Gasteiger partial charge in [-0.1, -0.05) is 13.8 Å². The minimum atomic E-state index is -0.496. The maximum Gasteiger partial charge on any atom is 0.293 e. The number of nitro groups is 1. The van der Waals surface area contributed by atoms with Crippen molar-refractivity contribution in [2.24, 2.45) is 5.92 Å². The van der Waals surface area contributed by atoms with Crippen LogP contribution in [0.15, 0.2) is 18.2 Å². The molecule has 3 N–H and O–H groups in total. The van der Waals surface area contributed by atoms with E-state index in [9.17, 15) is 19.7 Å². The van der Waals surface area contributed by atoms with Gasteiger partial charge in [0.05, 0.1) is 4.92 Å². The summed E-state index contributed by atoms with van der Waals surface area (Å²) >= 11 is 0. The van der Waals surface area contributed by atoms with E-state index in [1.54, 1.807) is 26.0 Å². The fourth-order valence-electron chi connectivity index (χ4n) is 2.06. The number of rotatable bonds is 8. The summed E-state index contributed by atoms with van der Waals surface area (Å²) in [5.74, 6) is -0.611. The molecule has 1 saturated carbocycles. The van der Waals surface area contributed by atoms with Gasteiger partial charge in [0.15, 0.2) is 0 Å². The molecule has 1 aliphatic carbocycles. The van der Waals surface area contributed by atoms with Gasteiger partial charge >= 0.3 is 0 Å². The number of benzene rings is 1. The molecule has 0 bridgehead atoms. The lowest BCUT2D eigenvalue weighted by Crippen LogP contribution is -2.36. The smallest absolute Gasteiger partial charge is 0.293 e. The van der Waals surface area contributed by atoms with E-state index in [1.165, 1.54) is 6.07 Å². The van der Waals surface area contributed by atoms with Gasteiger partial charge in [0.25, 0.3) is 11.6 Å². The third-order valence-corrected chi connectivity index (χ3v) is 3.63. The Kier molecular flexibility index (Phi) is 5.73. The first-order chi connectivity index (χ1) is 11.4. The predicted octanol–water partition coefficient (Wildman–Crippen LogP) is 1.67. The standard InChI is InChI=1S/C16H22N4O4/c1-10(2)15(21)17-7-8-18-16(22)11-3-6-13(19-12-4-5-12)14(9-11)20(23)24/h3,6,9-10,12,19H,4-5,7-8H2,1-2H3,(H,17,21)(H,18,22). The van der Waals surface area contributed by atoms with Crippen LogP contribution in [0.25, 0.3) is 0 Å². The molecule has 1 aliphatic rings. The second kappa shape index (κ2) is 7.76. The van der Waals surface area contributed by atoms with Crippen molar-refractivity contribution in [1.82, 2.24) is 10.6 Å². The molecule has 1 aromatic rings. The predicted molar refractivity (Wildman–Crippen MR) is 89.9 cm³/mol. The number of nitrogens with zero attached hydrogens (tertiary/aromatic N) is 1. The fourth-order valence-corrected chi connectivity index (χ4v) is 2.06. The first-order valence-electron chi connectivity index (χ1n) is 7.99. The van der Waals surface area contributed by atoms with Crippen molar-refractivity contribution in [1.29, 1.82) is 0 Å². The summed E-state index contributed by atoms with van der Waals surface area (Å²) in [6.07, 6.45) is 2.00. The van der Waals surface area contributed by atoms with Crippen LogP contribution < -0.4 is 16.0 Å². The van der Waals surface area contributed by atoms with Crippen LogP contribution in [0.5, 0.6) is 0 Å². The number of nitro benzene ring substituents is 1. The Hall–Kier alpha value is -2.64. The van der Waals surface area contributed by atoms with Gasteiger partial charge in [0, 0.05) is 36.7 Å². The Balaban J connectivity index is 1.92. The Morgan fingerprint density at radius 1 is 1.25 bits per heavy atom. The van der Waals surface area contributed by atoms with E-state index in [4.69, 9.17) is 0 Å². The maximum absolute atomic E-state index is 12.1. The van der Waals surface area contributed by atoms with E-state index < -0.39 is 10.8 Å². The normalized spacial score (nSPS) is 13.5. The van der Waals surface area contributed by atoms with Crippen molar-refractivity contribution in [2.75, 3.05) is 18.4 Å². The second-order valence-electron chi connectivity index (χ2n) is 6.11. The lowest BCUT2D eigenvalue weighted by Gasteiger charge is -2.10. The summed E-state index contributed by atoms with van der Waals surface area (Å²) in [6, 6.07) is 4.67. The molecule has 8 heteroatoms. The molecule has 0 atom stereocenters. The molecule has 0 aromatic heterocycles. The Bertz CT molecular complexity index is 641. The molecular weight excluding hydrogens is 312 g/mol. The lowest BCUT2D eigenvalue weighted by molar-refractivity contribution is -0.384. The molecule has 0 heterocycles. The van der Waals surface area contributed by atoms with E-state index in [0.717, 1.165) is 12.8 Å². The molecule has 0 unspecified atom stereocenters. The number of anilines is 1. The van der Waals surface area contributed by atoms with Crippen molar-refractivity contribution in [3.63, 3.8) is 0 Å². The summed E-state index contributed by atoms with van der Waals surface area (Å²) in [7, 11) is 0. The van der Waals surface area contributed by atoms with Crippen LogP contribution in [-0.4, -0.2) is 35.9 Å². The zero-order valence-electron chi connectivity index (χ0n) is 13.8. The number of amides is 2. The number of hydrogen-bond acceptors (Lipinski definition) is 5. The molecule has 8 nitrogen and oxygen atoms in total. The molecule has 24 heavy (non-hydrogen) atoms. The van der Waals surface area contributed by atoms with E-state index >= 15 is 0 Å². The van der Waals surface area contributed by atoms with Crippen LogP contribution in [0.4, 0.5) is 11.4 Å². The highest BCUT2D eigenvalue weighted by Crippen LogP contribution is 2.31.